The van der Waals surface area contributed by atoms with Crippen molar-refractivity contribution in [2.45, 2.75) is 13.3 Å². The first-order valence-electron chi connectivity index (χ1n) is 11.3. The molecule has 2 aromatic carbocycles. The van der Waals surface area contributed by atoms with Gasteiger partial charge in [-0.25, -0.2) is 4.39 Å². The zero-order chi connectivity index (χ0) is 25.1. The van der Waals surface area contributed by atoms with Crippen LogP contribution in [0.1, 0.15) is 30.5 Å². The van der Waals surface area contributed by atoms with E-state index in [0.29, 0.717) is 44.9 Å². The maximum atomic E-state index is 13.2. The van der Waals surface area contributed by atoms with Crippen molar-refractivity contribution in [1.29, 1.82) is 0 Å². The van der Waals surface area contributed by atoms with Crippen molar-refractivity contribution in [2.24, 2.45) is 0 Å². The third-order valence-electron chi connectivity index (χ3n) is 5.30. The lowest BCUT2D eigenvalue weighted by Crippen LogP contribution is -2.23. The number of methoxy groups -OCH3 is 1. The molecule has 3 heterocycles. The van der Waals surface area contributed by atoms with Crippen molar-refractivity contribution in [2.75, 3.05) is 13.7 Å². The molecule has 0 radical (unpaired) electrons. The largest absolute Gasteiger partial charge is 0.493 e. The molecule has 0 aliphatic rings. The van der Waals surface area contributed by atoms with E-state index in [-0.39, 0.29) is 11.4 Å². The Morgan fingerprint density at radius 3 is 2.67 bits per heavy atom. The van der Waals surface area contributed by atoms with E-state index >= 15 is 0 Å². The zero-order valence-corrected chi connectivity index (χ0v) is 20.4. The van der Waals surface area contributed by atoms with Gasteiger partial charge in [0.2, 0.25) is 4.96 Å². The van der Waals surface area contributed by atoms with Crippen LogP contribution in [-0.4, -0.2) is 28.3 Å². The SMILES string of the molecule is CCCOc1ccc(/C=C/c2nc3s/c(=C\c4ccc(-c5ccc(F)cc5)o4)c(=O)n3n2)cc1OC. The molecule has 0 aliphatic heterocycles. The summed E-state index contributed by atoms with van der Waals surface area (Å²) >= 11 is 1.23. The van der Waals surface area contributed by atoms with Gasteiger partial charge in [0.25, 0.3) is 5.56 Å². The van der Waals surface area contributed by atoms with E-state index in [1.807, 2.05) is 31.2 Å². The highest BCUT2D eigenvalue weighted by molar-refractivity contribution is 7.15. The molecule has 0 atom stereocenters. The molecule has 36 heavy (non-hydrogen) atoms. The Hall–Kier alpha value is -4.24. The summed E-state index contributed by atoms with van der Waals surface area (Å²) in [6.45, 7) is 2.66. The van der Waals surface area contributed by atoms with Gasteiger partial charge in [0.05, 0.1) is 13.7 Å². The Bertz CT molecular complexity index is 1650. The first-order chi connectivity index (χ1) is 17.5. The van der Waals surface area contributed by atoms with E-state index in [4.69, 9.17) is 13.9 Å². The minimum Gasteiger partial charge on any atom is -0.493 e. The third-order valence-corrected chi connectivity index (χ3v) is 6.26. The van der Waals surface area contributed by atoms with Crippen LogP contribution in [0.25, 0.3) is 34.5 Å². The van der Waals surface area contributed by atoms with Crippen molar-refractivity contribution in [3.8, 4) is 22.8 Å². The van der Waals surface area contributed by atoms with Crippen molar-refractivity contribution >= 4 is 34.5 Å². The minimum absolute atomic E-state index is 0.277. The number of thiazole rings is 1. The lowest BCUT2D eigenvalue weighted by Gasteiger charge is -2.10. The van der Waals surface area contributed by atoms with Gasteiger partial charge in [0.15, 0.2) is 17.3 Å². The van der Waals surface area contributed by atoms with E-state index in [1.54, 1.807) is 43.5 Å². The van der Waals surface area contributed by atoms with Crippen molar-refractivity contribution in [1.82, 2.24) is 14.6 Å². The van der Waals surface area contributed by atoms with Crippen LogP contribution in [0.3, 0.4) is 0 Å². The molecule has 0 bridgehead atoms. The van der Waals surface area contributed by atoms with Gasteiger partial charge in [-0.3, -0.25) is 4.79 Å². The highest BCUT2D eigenvalue weighted by atomic mass is 32.1. The standard InChI is InChI=1S/C27H22FN3O4S/c1-3-14-34-22-11-4-17(15-23(22)33-2)5-13-25-29-27-31(30-25)26(32)24(36-27)16-20-10-12-21(35-20)18-6-8-19(28)9-7-18/h4-13,15-16H,3,14H2,1-2H3/b13-5+,24-16-. The number of halogens is 1. The summed E-state index contributed by atoms with van der Waals surface area (Å²) in [6.07, 6.45) is 6.16. The second kappa shape index (κ2) is 10.2. The van der Waals surface area contributed by atoms with E-state index in [2.05, 4.69) is 10.1 Å². The third kappa shape index (κ3) is 4.92. The van der Waals surface area contributed by atoms with Gasteiger partial charge < -0.3 is 13.9 Å². The predicted molar refractivity (Wildman–Crippen MR) is 138 cm³/mol. The van der Waals surface area contributed by atoms with Gasteiger partial charge in [0.1, 0.15) is 21.9 Å². The molecule has 5 rings (SSSR count). The van der Waals surface area contributed by atoms with Gasteiger partial charge in [-0.15, -0.1) is 5.10 Å². The molecular formula is C27H22FN3O4S. The number of ether oxygens (including phenoxy) is 2. The zero-order valence-electron chi connectivity index (χ0n) is 19.6. The van der Waals surface area contributed by atoms with E-state index in [9.17, 15) is 9.18 Å². The summed E-state index contributed by atoms with van der Waals surface area (Å²) in [5.41, 5.74) is 1.36. The van der Waals surface area contributed by atoms with Crippen molar-refractivity contribution < 1.29 is 18.3 Å². The van der Waals surface area contributed by atoms with Gasteiger partial charge in [-0.1, -0.05) is 30.4 Å². The number of fused-ring (bicyclic) bond motifs is 1. The molecule has 0 saturated carbocycles. The summed E-state index contributed by atoms with van der Waals surface area (Å²) in [6, 6.07) is 15.2. The van der Waals surface area contributed by atoms with Crippen LogP contribution >= 0.6 is 11.3 Å². The summed E-state index contributed by atoms with van der Waals surface area (Å²) in [5, 5.41) is 4.33. The summed E-state index contributed by atoms with van der Waals surface area (Å²) in [5.74, 6) is 2.54. The lowest BCUT2D eigenvalue weighted by atomic mass is 10.2. The lowest BCUT2D eigenvalue weighted by molar-refractivity contribution is 0.294. The maximum absolute atomic E-state index is 13.2. The predicted octanol–water partition coefficient (Wildman–Crippen LogP) is 5.07. The molecule has 9 heteroatoms. The molecule has 3 aromatic heterocycles. The van der Waals surface area contributed by atoms with Gasteiger partial charge in [-0.05, 0) is 66.6 Å². The Morgan fingerprint density at radius 1 is 1.08 bits per heavy atom. The first kappa shape index (κ1) is 23.5. The average molecular weight is 504 g/mol. The fraction of sp³-hybridized carbons (Fsp3) is 0.148. The topological polar surface area (TPSA) is 78.9 Å². The van der Waals surface area contributed by atoms with E-state index in [0.717, 1.165) is 17.5 Å². The van der Waals surface area contributed by atoms with Crippen LogP contribution in [0.15, 0.2) is 63.8 Å². The van der Waals surface area contributed by atoms with Gasteiger partial charge in [0, 0.05) is 11.6 Å². The molecule has 7 nitrogen and oxygen atoms in total. The van der Waals surface area contributed by atoms with Crippen LogP contribution in [0.4, 0.5) is 4.39 Å². The second-order valence-electron chi connectivity index (χ2n) is 7.88. The Balaban J connectivity index is 1.36. The highest BCUT2D eigenvalue weighted by Gasteiger charge is 2.11. The van der Waals surface area contributed by atoms with Crippen LogP contribution in [-0.2, 0) is 0 Å². The quantitative estimate of drug-likeness (QED) is 0.294. The number of hydrogen-bond acceptors (Lipinski definition) is 7. The van der Waals surface area contributed by atoms with Crippen LogP contribution in [0, 0.1) is 5.82 Å². The van der Waals surface area contributed by atoms with E-state index in [1.165, 1.54) is 28.0 Å². The van der Waals surface area contributed by atoms with Crippen LogP contribution in [0.2, 0.25) is 0 Å². The molecule has 0 spiro atoms. The Kier molecular flexibility index (Phi) is 6.64. The molecule has 0 aliphatic carbocycles. The van der Waals surface area contributed by atoms with Crippen molar-refractivity contribution in [3.63, 3.8) is 0 Å². The number of hydrogen-bond donors (Lipinski definition) is 0. The molecular weight excluding hydrogens is 481 g/mol. The van der Waals surface area contributed by atoms with Gasteiger partial charge in [-0.2, -0.15) is 9.50 Å². The Labute approximate surface area is 209 Å². The molecule has 0 fully saturated rings. The Morgan fingerprint density at radius 2 is 1.92 bits per heavy atom. The van der Waals surface area contributed by atoms with Gasteiger partial charge >= 0.3 is 0 Å². The maximum Gasteiger partial charge on any atom is 0.291 e. The fourth-order valence-electron chi connectivity index (χ4n) is 3.54. The minimum atomic E-state index is -0.314. The molecule has 0 amide bonds. The van der Waals surface area contributed by atoms with Crippen LogP contribution in [0.5, 0.6) is 11.5 Å². The fourth-order valence-corrected chi connectivity index (χ4v) is 4.43. The smallest absolute Gasteiger partial charge is 0.291 e. The molecule has 182 valence electrons. The van der Waals surface area contributed by atoms with E-state index < -0.39 is 0 Å². The number of rotatable bonds is 8. The second-order valence-corrected chi connectivity index (χ2v) is 8.89. The number of aromatic nitrogens is 3. The first-order valence-corrected chi connectivity index (χ1v) is 12.1. The molecule has 0 saturated heterocycles. The summed E-state index contributed by atoms with van der Waals surface area (Å²) in [7, 11) is 1.60. The normalized spacial score (nSPS) is 12.1. The highest BCUT2D eigenvalue weighted by Crippen LogP contribution is 2.29. The number of furan rings is 1. The summed E-state index contributed by atoms with van der Waals surface area (Å²) < 4.78 is 31.8. The molecule has 5 aromatic rings. The average Bonchev–Trinajstić information content (AvgIpc) is 3.59. The monoisotopic (exact) mass is 503 g/mol. The van der Waals surface area contributed by atoms with Crippen LogP contribution < -0.4 is 19.6 Å². The number of benzene rings is 2. The molecule has 0 unspecified atom stereocenters. The number of nitrogens with zero attached hydrogens (tertiary/aromatic N) is 3. The molecule has 0 N–H and O–H groups in total. The summed E-state index contributed by atoms with van der Waals surface area (Å²) in [4.78, 5) is 17.8. The van der Waals surface area contributed by atoms with Crippen molar-refractivity contribution in [3.05, 3.63) is 92.4 Å².